The average molecular weight is 231 g/mol. The molecule has 0 heterocycles. The standard InChI is InChI=1S/C10H11ClO4/c11-8(5-12)6-15-10(14)7-1-3-9(13)4-2-7/h1-4,8,12-13H,5-6H2. The Morgan fingerprint density at radius 1 is 1.40 bits per heavy atom. The Morgan fingerprint density at radius 2 is 2.00 bits per heavy atom. The van der Waals surface area contributed by atoms with Gasteiger partial charge < -0.3 is 14.9 Å². The normalized spacial score (nSPS) is 12.1. The van der Waals surface area contributed by atoms with E-state index in [4.69, 9.17) is 26.6 Å². The summed E-state index contributed by atoms with van der Waals surface area (Å²) in [5, 5.41) is 17.0. The molecule has 1 unspecified atom stereocenters. The molecule has 1 rings (SSSR count). The van der Waals surface area contributed by atoms with Crippen LogP contribution in [0.25, 0.3) is 0 Å². The van der Waals surface area contributed by atoms with E-state index in [1.807, 2.05) is 0 Å². The van der Waals surface area contributed by atoms with Gasteiger partial charge in [-0.25, -0.2) is 4.79 Å². The Hall–Kier alpha value is -1.26. The summed E-state index contributed by atoms with van der Waals surface area (Å²) in [7, 11) is 0. The molecule has 0 aliphatic carbocycles. The van der Waals surface area contributed by atoms with E-state index in [1.54, 1.807) is 0 Å². The Labute approximate surface area is 92.1 Å². The van der Waals surface area contributed by atoms with E-state index in [-0.39, 0.29) is 19.0 Å². The third-order valence-electron chi connectivity index (χ3n) is 1.70. The van der Waals surface area contributed by atoms with Crippen LogP contribution in [0.2, 0.25) is 0 Å². The molecule has 15 heavy (non-hydrogen) atoms. The van der Waals surface area contributed by atoms with Gasteiger partial charge in [0, 0.05) is 0 Å². The van der Waals surface area contributed by atoms with Crippen LogP contribution >= 0.6 is 11.6 Å². The molecule has 0 aromatic heterocycles. The highest BCUT2D eigenvalue weighted by atomic mass is 35.5. The summed E-state index contributed by atoms with van der Waals surface area (Å²) in [5.41, 5.74) is 0.328. The number of hydrogen-bond donors (Lipinski definition) is 2. The summed E-state index contributed by atoms with van der Waals surface area (Å²) in [6.45, 7) is -0.290. The number of phenols is 1. The van der Waals surface area contributed by atoms with Crippen molar-refractivity contribution in [1.82, 2.24) is 0 Å². The van der Waals surface area contributed by atoms with Crippen molar-refractivity contribution in [2.75, 3.05) is 13.2 Å². The van der Waals surface area contributed by atoms with Gasteiger partial charge in [0.05, 0.1) is 17.5 Å². The predicted molar refractivity (Wildman–Crippen MR) is 55.1 cm³/mol. The molecule has 5 heteroatoms. The topological polar surface area (TPSA) is 66.8 Å². The second-order valence-electron chi connectivity index (χ2n) is 2.93. The third-order valence-corrected chi connectivity index (χ3v) is 1.96. The van der Waals surface area contributed by atoms with E-state index < -0.39 is 11.3 Å². The first-order chi connectivity index (χ1) is 7.13. The molecular formula is C10H11ClO4. The molecule has 2 N–H and O–H groups in total. The molecule has 0 radical (unpaired) electrons. The molecule has 1 aromatic carbocycles. The number of esters is 1. The van der Waals surface area contributed by atoms with Crippen LogP contribution in [0.1, 0.15) is 10.4 Å². The maximum absolute atomic E-state index is 11.3. The van der Waals surface area contributed by atoms with Gasteiger partial charge in [-0.3, -0.25) is 0 Å². The molecule has 0 fully saturated rings. The maximum atomic E-state index is 11.3. The Bertz CT molecular complexity index is 323. The van der Waals surface area contributed by atoms with Gasteiger partial charge in [-0.2, -0.15) is 0 Å². The monoisotopic (exact) mass is 230 g/mol. The highest BCUT2D eigenvalue weighted by Crippen LogP contribution is 2.10. The predicted octanol–water partition coefficient (Wildman–Crippen LogP) is 1.15. The molecule has 1 aromatic rings. The minimum Gasteiger partial charge on any atom is -0.508 e. The van der Waals surface area contributed by atoms with Crippen LogP contribution in [0, 0.1) is 0 Å². The van der Waals surface area contributed by atoms with Crippen molar-refractivity contribution in [1.29, 1.82) is 0 Å². The van der Waals surface area contributed by atoms with Crippen molar-refractivity contribution in [3.05, 3.63) is 29.8 Å². The maximum Gasteiger partial charge on any atom is 0.338 e. The van der Waals surface area contributed by atoms with Gasteiger partial charge in [0.15, 0.2) is 0 Å². The number of hydrogen-bond acceptors (Lipinski definition) is 4. The van der Waals surface area contributed by atoms with Gasteiger partial charge in [0.1, 0.15) is 12.4 Å². The lowest BCUT2D eigenvalue weighted by atomic mass is 10.2. The number of rotatable bonds is 4. The van der Waals surface area contributed by atoms with Gasteiger partial charge in [0.25, 0.3) is 0 Å². The second kappa shape index (κ2) is 5.58. The van der Waals surface area contributed by atoms with Crippen molar-refractivity contribution in [3.63, 3.8) is 0 Å². The highest BCUT2D eigenvalue weighted by Gasteiger charge is 2.10. The van der Waals surface area contributed by atoms with Crippen molar-refractivity contribution in [2.45, 2.75) is 5.38 Å². The quantitative estimate of drug-likeness (QED) is 0.602. The molecule has 0 saturated carbocycles. The van der Waals surface area contributed by atoms with Gasteiger partial charge in [-0.15, -0.1) is 11.6 Å². The Balaban J connectivity index is 2.50. The molecule has 0 saturated heterocycles. The Kier molecular flexibility index (Phi) is 4.39. The summed E-state index contributed by atoms with van der Waals surface area (Å²) in [5.74, 6) is -0.453. The van der Waals surface area contributed by atoms with Crippen LogP contribution in [-0.4, -0.2) is 34.8 Å². The van der Waals surface area contributed by atoms with Crippen molar-refractivity contribution in [2.24, 2.45) is 0 Å². The van der Waals surface area contributed by atoms with Crippen LogP contribution < -0.4 is 0 Å². The zero-order chi connectivity index (χ0) is 11.3. The third kappa shape index (κ3) is 3.77. The summed E-state index contributed by atoms with van der Waals surface area (Å²) in [6, 6.07) is 5.67. The van der Waals surface area contributed by atoms with Crippen molar-refractivity contribution < 1.29 is 19.7 Å². The summed E-state index contributed by atoms with van der Waals surface area (Å²) < 4.78 is 4.81. The lowest BCUT2D eigenvalue weighted by Crippen LogP contribution is -2.17. The number of aromatic hydroxyl groups is 1. The molecule has 1 atom stereocenters. The number of carbonyl (C=O) groups is 1. The zero-order valence-corrected chi connectivity index (χ0v) is 8.65. The first-order valence-corrected chi connectivity index (χ1v) is 4.78. The summed E-state index contributed by atoms with van der Waals surface area (Å²) in [4.78, 5) is 11.3. The average Bonchev–Trinajstić information content (AvgIpc) is 2.26. The largest absolute Gasteiger partial charge is 0.508 e. The van der Waals surface area contributed by atoms with E-state index in [0.717, 1.165) is 0 Å². The van der Waals surface area contributed by atoms with Gasteiger partial charge in [-0.05, 0) is 24.3 Å². The minimum atomic E-state index is -0.592. The van der Waals surface area contributed by atoms with Crippen LogP contribution in [0.15, 0.2) is 24.3 Å². The number of alkyl halides is 1. The molecule has 0 amide bonds. The van der Waals surface area contributed by atoms with Crippen LogP contribution in [0.4, 0.5) is 0 Å². The number of aliphatic hydroxyl groups excluding tert-OH is 1. The smallest absolute Gasteiger partial charge is 0.338 e. The van der Waals surface area contributed by atoms with Crippen molar-refractivity contribution in [3.8, 4) is 5.75 Å². The van der Waals surface area contributed by atoms with Gasteiger partial charge >= 0.3 is 5.97 Å². The number of benzene rings is 1. The van der Waals surface area contributed by atoms with E-state index in [0.29, 0.717) is 5.56 Å². The van der Waals surface area contributed by atoms with E-state index in [2.05, 4.69) is 0 Å². The lowest BCUT2D eigenvalue weighted by molar-refractivity contribution is 0.0487. The first kappa shape index (κ1) is 11.8. The first-order valence-electron chi connectivity index (χ1n) is 4.34. The fourth-order valence-electron chi connectivity index (χ4n) is 0.900. The number of halogens is 1. The SMILES string of the molecule is O=C(OCC(Cl)CO)c1ccc(O)cc1. The summed E-state index contributed by atoms with van der Waals surface area (Å²) >= 11 is 5.55. The fourth-order valence-corrected chi connectivity index (χ4v) is 0.963. The molecule has 0 spiro atoms. The van der Waals surface area contributed by atoms with E-state index in [1.165, 1.54) is 24.3 Å². The molecule has 0 aliphatic heterocycles. The molecule has 0 bridgehead atoms. The van der Waals surface area contributed by atoms with Crippen LogP contribution in [0.5, 0.6) is 5.75 Å². The van der Waals surface area contributed by atoms with Crippen LogP contribution in [0.3, 0.4) is 0 Å². The zero-order valence-electron chi connectivity index (χ0n) is 7.89. The lowest BCUT2D eigenvalue weighted by Gasteiger charge is -2.07. The molecular weight excluding hydrogens is 220 g/mol. The molecule has 0 aliphatic rings. The van der Waals surface area contributed by atoms with Gasteiger partial charge in [-0.1, -0.05) is 0 Å². The fraction of sp³-hybridized carbons (Fsp3) is 0.300. The minimum absolute atomic E-state index is 0.0439. The second-order valence-corrected chi connectivity index (χ2v) is 3.54. The number of ether oxygens (including phenoxy) is 1. The highest BCUT2D eigenvalue weighted by molar-refractivity contribution is 6.20. The van der Waals surface area contributed by atoms with Crippen LogP contribution in [-0.2, 0) is 4.74 Å². The van der Waals surface area contributed by atoms with E-state index >= 15 is 0 Å². The molecule has 4 nitrogen and oxygen atoms in total. The Morgan fingerprint density at radius 3 is 2.53 bits per heavy atom. The summed E-state index contributed by atoms with van der Waals surface area (Å²) in [6.07, 6.45) is 0. The molecule has 82 valence electrons. The van der Waals surface area contributed by atoms with E-state index in [9.17, 15) is 4.79 Å². The van der Waals surface area contributed by atoms with Gasteiger partial charge in [0.2, 0.25) is 0 Å². The van der Waals surface area contributed by atoms with Crippen molar-refractivity contribution >= 4 is 17.6 Å². The number of aliphatic hydroxyl groups is 1. The number of phenolic OH excluding ortho intramolecular Hbond substituents is 1. The number of carbonyl (C=O) groups excluding carboxylic acids is 1.